The Morgan fingerprint density at radius 2 is 2.10 bits per heavy atom. The van der Waals surface area contributed by atoms with Crippen LogP contribution in [0.15, 0.2) is 18.2 Å². The molecular formula is C16H25N3O2. The molecule has 1 fully saturated rings. The molecule has 0 radical (unpaired) electrons. The molecular weight excluding hydrogens is 266 g/mol. The maximum absolute atomic E-state index is 12.8. The number of nitrogens with zero attached hydrogens (tertiary/aromatic N) is 2. The molecule has 2 N–H and O–H groups in total. The SMILES string of the molecule is CCOc1cccc(N)c1C(=O)N(C)C1CCN(C)CC1. The minimum Gasteiger partial charge on any atom is -0.493 e. The van der Waals surface area contributed by atoms with E-state index in [-0.39, 0.29) is 11.9 Å². The van der Waals surface area contributed by atoms with Gasteiger partial charge in [0, 0.05) is 18.8 Å². The van der Waals surface area contributed by atoms with E-state index < -0.39 is 0 Å². The summed E-state index contributed by atoms with van der Waals surface area (Å²) in [5, 5.41) is 0. The maximum atomic E-state index is 12.8. The van der Waals surface area contributed by atoms with Gasteiger partial charge in [-0.05, 0) is 52.0 Å². The highest BCUT2D eigenvalue weighted by atomic mass is 16.5. The Kier molecular flexibility index (Phi) is 5.07. The third kappa shape index (κ3) is 3.47. The van der Waals surface area contributed by atoms with Crippen LogP contribution in [0.3, 0.4) is 0 Å². The summed E-state index contributed by atoms with van der Waals surface area (Å²) in [7, 11) is 3.97. The molecule has 5 nitrogen and oxygen atoms in total. The quantitative estimate of drug-likeness (QED) is 0.860. The predicted octanol–water partition coefficient (Wildman–Crippen LogP) is 1.83. The number of benzene rings is 1. The molecule has 1 aliphatic heterocycles. The number of likely N-dealkylation sites (tertiary alicyclic amines) is 1. The lowest BCUT2D eigenvalue weighted by Crippen LogP contribution is -2.44. The van der Waals surface area contributed by atoms with Crippen LogP contribution in [0, 0.1) is 0 Å². The number of carbonyl (C=O) groups excluding carboxylic acids is 1. The third-order valence-electron chi connectivity index (χ3n) is 4.13. The summed E-state index contributed by atoms with van der Waals surface area (Å²) in [6.07, 6.45) is 1.99. The molecule has 1 saturated heterocycles. The lowest BCUT2D eigenvalue weighted by atomic mass is 10.0. The zero-order valence-corrected chi connectivity index (χ0v) is 13.1. The molecule has 2 rings (SSSR count). The second-order valence-electron chi connectivity index (χ2n) is 5.60. The Bertz CT molecular complexity index is 496. The van der Waals surface area contributed by atoms with Gasteiger partial charge in [0.2, 0.25) is 0 Å². The van der Waals surface area contributed by atoms with Crippen molar-refractivity contribution in [1.29, 1.82) is 0 Å². The Labute approximate surface area is 126 Å². The zero-order valence-electron chi connectivity index (χ0n) is 13.1. The van der Waals surface area contributed by atoms with Crippen molar-refractivity contribution in [1.82, 2.24) is 9.80 Å². The monoisotopic (exact) mass is 291 g/mol. The third-order valence-corrected chi connectivity index (χ3v) is 4.13. The van der Waals surface area contributed by atoms with E-state index in [4.69, 9.17) is 10.5 Å². The van der Waals surface area contributed by atoms with E-state index in [9.17, 15) is 4.79 Å². The fourth-order valence-electron chi connectivity index (χ4n) is 2.78. The van der Waals surface area contributed by atoms with Crippen LogP contribution < -0.4 is 10.5 Å². The Morgan fingerprint density at radius 1 is 1.43 bits per heavy atom. The average Bonchev–Trinajstić information content (AvgIpc) is 2.47. The number of rotatable bonds is 4. The molecule has 1 amide bonds. The number of hydrogen-bond donors (Lipinski definition) is 1. The fraction of sp³-hybridized carbons (Fsp3) is 0.562. The molecule has 1 aliphatic rings. The van der Waals surface area contributed by atoms with Gasteiger partial charge in [-0.3, -0.25) is 4.79 Å². The molecule has 0 saturated carbocycles. The van der Waals surface area contributed by atoms with Crippen molar-refractivity contribution in [2.24, 2.45) is 0 Å². The number of ether oxygens (including phenoxy) is 1. The van der Waals surface area contributed by atoms with Crippen molar-refractivity contribution in [2.45, 2.75) is 25.8 Å². The van der Waals surface area contributed by atoms with Gasteiger partial charge in [-0.1, -0.05) is 6.07 Å². The number of piperidine rings is 1. The van der Waals surface area contributed by atoms with Gasteiger partial charge in [-0.2, -0.15) is 0 Å². The Balaban J connectivity index is 2.19. The summed E-state index contributed by atoms with van der Waals surface area (Å²) in [6, 6.07) is 5.63. The average molecular weight is 291 g/mol. The topological polar surface area (TPSA) is 58.8 Å². The van der Waals surface area contributed by atoms with Crippen LogP contribution in [0.25, 0.3) is 0 Å². The fourth-order valence-corrected chi connectivity index (χ4v) is 2.78. The molecule has 0 aromatic heterocycles. The van der Waals surface area contributed by atoms with Gasteiger partial charge in [0.15, 0.2) is 0 Å². The Morgan fingerprint density at radius 3 is 2.71 bits per heavy atom. The number of carbonyl (C=O) groups is 1. The lowest BCUT2D eigenvalue weighted by Gasteiger charge is -2.35. The highest BCUT2D eigenvalue weighted by molar-refractivity contribution is 6.01. The molecule has 1 aromatic carbocycles. The minimum atomic E-state index is -0.0499. The standard InChI is InChI=1S/C16H25N3O2/c1-4-21-14-7-5-6-13(17)15(14)16(20)19(3)12-8-10-18(2)11-9-12/h5-7,12H,4,8-11,17H2,1-3H3. The van der Waals surface area contributed by atoms with E-state index in [1.54, 1.807) is 12.1 Å². The normalized spacial score (nSPS) is 16.7. The van der Waals surface area contributed by atoms with Gasteiger partial charge in [-0.15, -0.1) is 0 Å². The van der Waals surface area contributed by atoms with Crippen LogP contribution >= 0.6 is 0 Å². The molecule has 0 spiro atoms. The molecule has 1 heterocycles. The first-order chi connectivity index (χ1) is 10.0. The van der Waals surface area contributed by atoms with Gasteiger partial charge in [0.1, 0.15) is 11.3 Å². The summed E-state index contributed by atoms with van der Waals surface area (Å²) in [5.74, 6) is 0.522. The highest BCUT2D eigenvalue weighted by Gasteiger charge is 2.27. The van der Waals surface area contributed by atoms with Crippen LogP contribution in [-0.2, 0) is 0 Å². The van der Waals surface area contributed by atoms with Crippen molar-refractivity contribution in [2.75, 3.05) is 39.5 Å². The van der Waals surface area contributed by atoms with Crippen molar-refractivity contribution in [3.05, 3.63) is 23.8 Å². The van der Waals surface area contributed by atoms with Gasteiger partial charge in [0.05, 0.1) is 6.61 Å². The van der Waals surface area contributed by atoms with E-state index >= 15 is 0 Å². The summed E-state index contributed by atoms with van der Waals surface area (Å²) in [5.41, 5.74) is 6.97. The summed E-state index contributed by atoms with van der Waals surface area (Å²) in [6.45, 7) is 4.45. The van der Waals surface area contributed by atoms with Gasteiger partial charge in [-0.25, -0.2) is 0 Å². The molecule has 116 valence electrons. The van der Waals surface area contributed by atoms with Crippen LogP contribution in [0.1, 0.15) is 30.1 Å². The van der Waals surface area contributed by atoms with Crippen LogP contribution in [0.5, 0.6) is 5.75 Å². The molecule has 1 aromatic rings. The first-order valence-electron chi connectivity index (χ1n) is 7.51. The van der Waals surface area contributed by atoms with Gasteiger partial charge >= 0.3 is 0 Å². The second-order valence-corrected chi connectivity index (χ2v) is 5.60. The maximum Gasteiger partial charge on any atom is 0.259 e. The molecule has 0 bridgehead atoms. The largest absolute Gasteiger partial charge is 0.493 e. The molecule has 21 heavy (non-hydrogen) atoms. The predicted molar refractivity (Wildman–Crippen MR) is 84.6 cm³/mol. The first-order valence-corrected chi connectivity index (χ1v) is 7.51. The van der Waals surface area contributed by atoms with Crippen LogP contribution in [0.2, 0.25) is 0 Å². The van der Waals surface area contributed by atoms with Crippen LogP contribution in [-0.4, -0.2) is 55.5 Å². The van der Waals surface area contributed by atoms with Crippen molar-refractivity contribution < 1.29 is 9.53 Å². The van der Waals surface area contributed by atoms with Crippen LogP contribution in [0.4, 0.5) is 5.69 Å². The smallest absolute Gasteiger partial charge is 0.259 e. The first kappa shape index (κ1) is 15.6. The number of nitrogen functional groups attached to an aromatic ring is 1. The van der Waals surface area contributed by atoms with E-state index in [0.29, 0.717) is 23.6 Å². The van der Waals surface area contributed by atoms with Crippen molar-refractivity contribution in [3.63, 3.8) is 0 Å². The summed E-state index contributed by atoms with van der Waals surface area (Å²) >= 11 is 0. The number of anilines is 1. The van der Waals surface area contributed by atoms with Gasteiger partial charge < -0.3 is 20.3 Å². The van der Waals surface area contributed by atoms with E-state index in [2.05, 4.69) is 11.9 Å². The van der Waals surface area contributed by atoms with E-state index in [0.717, 1.165) is 25.9 Å². The van der Waals surface area contributed by atoms with E-state index in [1.807, 2.05) is 24.9 Å². The summed E-state index contributed by atoms with van der Waals surface area (Å²) < 4.78 is 5.56. The molecule has 0 aliphatic carbocycles. The number of nitrogens with two attached hydrogens (primary N) is 1. The van der Waals surface area contributed by atoms with Gasteiger partial charge in [0.25, 0.3) is 5.91 Å². The number of hydrogen-bond acceptors (Lipinski definition) is 4. The van der Waals surface area contributed by atoms with Crippen molar-refractivity contribution in [3.8, 4) is 5.75 Å². The second kappa shape index (κ2) is 6.80. The minimum absolute atomic E-state index is 0.0499. The highest BCUT2D eigenvalue weighted by Crippen LogP contribution is 2.27. The van der Waals surface area contributed by atoms with E-state index in [1.165, 1.54) is 0 Å². The molecule has 0 unspecified atom stereocenters. The number of amides is 1. The van der Waals surface area contributed by atoms with Crippen molar-refractivity contribution >= 4 is 11.6 Å². The zero-order chi connectivity index (χ0) is 15.4. The molecule has 0 atom stereocenters. The molecule has 5 heteroatoms. The summed E-state index contributed by atoms with van der Waals surface area (Å²) in [4.78, 5) is 16.9. The lowest BCUT2D eigenvalue weighted by molar-refractivity contribution is 0.0657. The Hall–Kier alpha value is -1.75.